The lowest BCUT2D eigenvalue weighted by Crippen LogP contribution is -2.33. The van der Waals surface area contributed by atoms with Crippen molar-refractivity contribution in [1.82, 2.24) is 10.6 Å². The first-order valence-corrected chi connectivity index (χ1v) is 6.78. The average molecular weight is 266 g/mol. The van der Waals surface area contributed by atoms with Crippen LogP contribution in [0.4, 0.5) is 4.39 Å². The number of hydrogen-bond donors (Lipinski definition) is 2. The molecule has 1 amide bonds. The normalized spacial score (nSPS) is 12.2. The molecular weight excluding hydrogens is 243 g/mol. The number of carbonyl (C=O) groups excluding carboxylic acids is 1. The molecule has 0 saturated heterocycles. The van der Waals surface area contributed by atoms with Gasteiger partial charge in [0.2, 0.25) is 5.91 Å². The van der Waals surface area contributed by atoms with Crippen molar-refractivity contribution in [3.63, 3.8) is 0 Å². The lowest BCUT2D eigenvalue weighted by molar-refractivity contribution is -0.121. The van der Waals surface area contributed by atoms with Gasteiger partial charge in [-0.3, -0.25) is 4.79 Å². The molecule has 106 valence electrons. The van der Waals surface area contributed by atoms with Crippen LogP contribution < -0.4 is 10.6 Å². The van der Waals surface area contributed by atoms with Crippen molar-refractivity contribution in [1.29, 1.82) is 0 Å². The number of amides is 1. The van der Waals surface area contributed by atoms with E-state index in [0.717, 1.165) is 12.0 Å². The van der Waals surface area contributed by atoms with E-state index in [1.165, 1.54) is 6.07 Å². The Balaban J connectivity index is 2.23. The van der Waals surface area contributed by atoms with Crippen LogP contribution in [0.15, 0.2) is 18.2 Å². The van der Waals surface area contributed by atoms with Crippen LogP contribution in [-0.2, 0) is 11.3 Å². The molecule has 0 saturated carbocycles. The van der Waals surface area contributed by atoms with E-state index in [1.807, 2.05) is 19.9 Å². The Morgan fingerprint density at radius 2 is 2.16 bits per heavy atom. The number of carbonyl (C=O) groups is 1. The van der Waals surface area contributed by atoms with Crippen LogP contribution in [0.2, 0.25) is 0 Å². The van der Waals surface area contributed by atoms with Crippen molar-refractivity contribution in [3.8, 4) is 0 Å². The highest BCUT2D eigenvalue weighted by atomic mass is 19.1. The molecule has 1 atom stereocenters. The van der Waals surface area contributed by atoms with Gasteiger partial charge in [0, 0.05) is 25.6 Å². The zero-order valence-corrected chi connectivity index (χ0v) is 11.9. The maximum Gasteiger partial charge on any atom is 0.221 e. The highest BCUT2D eigenvalue weighted by Gasteiger charge is 2.04. The third kappa shape index (κ3) is 5.83. The number of hydrogen-bond acceptors (Lipinski definition) is 2. The zero-order chi connectivity index (χ0) is 14.3. The fourth-order valence-electron chi connectivity index (χ4n) is 1.70. The quantitative estimate of drug-likeness (QED) is 0.745. The summed E-state index contributed by atoms with van der Waals surface area (Å²) in [5, 5.41) is 6.10. The van der Waals surface area contributed by atoms with Gasteiger partial charge in [-0.2, -0.15) is 0 Å². The number of benzene rings is 1. The van der Waals surface area contributed by atoms with Crippen molar-refractivity contribution >= 4 is 5.91 Å². The third-order valence-corrected chi connectivity index (χ3v) is 3.10. The summed E-state index contributed by atoms with van der Waals surface area (Å²) in [6.07, 6.45) is 1.40. The van der Waals surface area contributed by atoms with Crippen LogP contribution in [0.3, 0.4) is 0 Å². The Morgan fingerprint density at radius 3 is 2.79 bits per heavy atom. The van der Waals surface area contributed by atoms with Crippen LogP contribution in [0.5, 0.6) is 0 Å². The molecule has 2 N–H and O–H groups in total. The van der Waals surface area contributed by atoms with Gasteiger partial charge in [-0.1, -0.05) is 19.1 Å². The second-order valence-corrected chi connectivity index (χ2v) is 4.89. The van der Waals surface area contributed by atoms with Crippen molar-refractivity contribution in [2.45, 2.75) is 46.2 Å². The lowest BCUT2D eigenvalue weighted by atomic mass is 10.1. The number of nitrogens with one attached hydrogen (secondary N) is 2. The Labute approximate surface area is 114 Å². The van der Waals surface area contributed by atoms with Crippen LogP contribution >= 0.6 is 0 Å². The molecule has 1 rings (SSSR count). The molecule has 1 unspecified atom stereocenters. The molecule has 0 aromatic heterocycles. The van der Waals surface area contributed by atoms with Gasteiger partial charge >= 0.3 is 0 Å². The zero-order valence-electron chi connectivity index (χ0n) is 11.9. The second-order valence-electron chi connectivity index (χ2n) is 4.89. The van der Waals surface area contributed by atoms with E-state index in [-0.39, 0.29) is 17.8 Å². The van der Waals surface area contributed by atoms with E-state index in [0.29, 0.717) is 25.1 Å². The largest absolute Gasteiger partial charge is 0.354 e. The maximum absolute atomic E-state index is 13.1. The van der Waals surface area contributed by atoms with Gasteiger partial charge < -0.3 is 10.6 Å². The van der Waals surface area contributed by atoms with E-state index in [1.54, 1.807) is 13.0 Å². The van der Waals surface area contributed by atoms with E-state index in [2.05, 4.69) is 10.6 Å². The van der Waals surface area contributed by atoms with E-state index in [9.17, 15) is 9.18 Å². The number of aryl methyl sites for hydroxylation is 1. The molecule has 0 aliphatic carbocycles. The first-order chi connectivity index (χ1) is 9.02. The van der Waals surface area contributed by atoms with E-state index >= 15 is 0 Å². The molecule has 3 nitrogen and oxygen atoms in total. The predicted octanol–water partition coefficient (Wildman–Crippen LogP) is 2.53. The number of rotatable bonds is 7. The summed E-state index contributed by atoms with van der Waals surface area (Å²) < 4.78 is 13.1. The van der Waals surface area contributed by atoms with Crippen molar-refractivity contribution in [2.75, 3.05) is 6.54 Å². The predicted molar refractivity (Wildman–Crippen MR) is 75.4 cm³/mol. The minimum Gasteiger partial charge on any atom is -0.354 e. The van der Waals surface area contributed by atoms with Gasteiger partial charge in [0.05, 0.1) is 0 Å². The monoisotopic (exact) mass is 266 g/mol. The summed E-state index contributed by atoms with van der Waals surface area (Å²) in [5.41, 5.74) is 1.68. The minimum absolute atomic E-state index is 0.0668. The van der Waals surface area contributed by atoms with Gasteiger partial charge in [-0.15, -0.1) is 0 Å². The highest BCUT2D eigenvalue weighted by molar-refractivity contribution is 5.76. The molecule has 0 radical (unpaired) electrons. The van der Waals surface area contributed by atoms with Gasteiger partial charge in [-0.05, 0) is 37.5 Å². The van der Waals surface area contributed by atoms with Gasteiger partial charge in [0.1, 0.15) is 5.82 Å². The summed E-state index contributed by atoms with van der Waals surface area (Å²) >= 11 is 0. The van der Waals surface area contributed by atoms with Crippen LogP contribution in [0.1, 0.15) is 37.8 Å². The van der Waals surface area contributed by atoms with Crippen molar-refractivity contribution in [3.05, 3.63) is 35.1 Å². The molecule has 0 aliphatic heterocycles. The lowest BCUT2D eigenvalue weighted by Gasteiger charge is -2.11. The minimum atomic E-state index is -0.184. The van der Waals surface area contributed by atoms with Crippen molar-refractivity contribution in [2.24, 2.45) is 0 Å². The van der Waals surface area contributed by atoms with Crippen LogP contribution in [0, 0.1) is 12.7 Å². The SMILES string of the molecule is CCC(C)NC(=O)CCNCc1ccc(F)c(C)c1. The van der Waals surface area contributed by atoms with Gasteiger partial charge in [-0.25, -0.2) is 4.39 Å². The topological polar surface area (TPSA) is 41.1 Å². The Hall–Kier alpha value is -1.42. The van der Waals surface area contributed by atoms with Crippen LogP contribution in [0.25, 0.3) is 0 Å². The maximum atomic E-state index is 13.1. The fraction of sp³-hybridized carbons (Fsp3) is 0.533. The molecule has 0 fully saturated rings. The summed E-state index contributed by atoms with van der Waals surface area (Å²) in [7, 11) is 0. The summed E-state index contributed by atoms with van der Waals surface area (Å²) in [5.74, 6) is -0.117. The van der Waals surface area contributed by atoms with E-state index in [4.69, 9.17) is 0 Å². The summed E-state index contributed by atoms with van der Waals surface area (Å²) in [4.78, 5) is 11.5. The highest BCUT2D eigenvalue weighted by Crippen LogP contribution is 2.08. The Bertz CT molecular complexity index is 421. The smallest absolute Gasteiger partial charge is 0.221 e. The molecule has 19 heavy (non-hydrogen) atoms. The number of halogens is 1. The summed E-state index contributed by atoms with van der Waals surface area (Å²) in [6.45, 7) is 7.06. The van der Waals surface area contributed by atoms with Gasteiger partial charge in [0.15, 0.2) is 0 Å². The fourth-order valence-corrected chi connectivity index (χ4v) is 1.70. The first-order valence-electron chi connectivity index (χ1n) is 6.78. The van der Waals surface area contributed by atoms with E-state index < -0.39 is 0 Å². The van der Waals surface area contributed by atoms with Crippen LogP contribution in [-0.4, -0.2) is 18.5 Å². The molecule has 0 heterocycles. The molecule has 0 aliphatic rings. The second kappa shape index (κ2) is 7.89. The molecule has 1 aromatic rings. The third-order valence-electron chi connectivity index (χ3n) is 3.10. The standard InChI is InChI=1S/C15H23FN2O/c1-4-12(3)18-15(19)7-8-17-10-13-5-6-14(16)11(2)9-13/h5-6,9,12,17H,4,7-8,10H2,1-3H3,(H,18,19). The molecule has 0 bridgehead atoms. The molecule has 4 heteroatoms. The average Bonchev–Trinajstić information content (AvgIpc) is 2.38. The Kier molecular flexibility index (Phi) is 6.50. The molecule has 1 aromatic carbocycles. The van der Waals surface area contributed by atoms with Crippen molar-refractivity contribution < 1.29 is 9.18 Å². The summed E-state index contributed by atoms with van der Waals surface area (Å²) in [6, 6.07) is 5.28. The Morgan fingerprint density at radius 1 is 1.42 bits per heavy atom. The first kappa shape index (κ1) is 15.6. The molecular formula is C15H23FN2O. The van der Waals surface area contributed by atoms with Gasteiger partial charge in [0.25, 0.3) is 0 Å². The molecule has 0 spiro atoms.